The van der Waals surface area contributed by atoms with Crippen molar-refractivity contribution in [3.05, 3.63) is 71.8 Å². The van der Waals surface area contributed by atoms with Gasteiger partial charge >= 0.3 is 12.0 Å². The minimum atomic E-state index is -1.04. The lowest BCUT2D eigenvalue weighted by Crippen LogP contribution is -2.51. The standard InChI is InChI=1S/C21H24N2O4/c1-14(24)27-20-18(13-16-10-6-3-7-11-16)23-21(26)22-17(19(20)25)12-15-8-4-2-5-9-15/h2-11,17-20,25H,12-13H2,1H3,(H2,22,23,26). The van der Waals surface area contributed by atoms with E-state index < -0.39 is 30.3 Å². The zero-order valence-corrected chi connectivity index (χ0v) is 15.2. The third kappa shape index (κ3) is 5.08. The number of urea groups is 1. The lowest BCUT2D eigenvalue weighted by atomic mass is 9.92. The number of hydrogen-bond donors (Lipinski definition) is 3. The molecule has 0 saturated carbocycles. The third-order valence-electron chi connectivity index (χ3n) is 4.68. The van der Waals surface area contributed by atoms with E-state index >= 15 is 0 Å². The number of aliphatic hydroxyl groups is 1. The van der Waals surface area contributed by atoms with Crippen LogP contribution in [0.5, 0.6) is 0 Å². The van der Waals surface area contributed by atoms with Crippen LogP contribution in [-0.2, 0) is 22.4 Å². The summed E-state index contributed by atoms with van der Waals surface area (Å²) in [6.07, 6.45) is -1.01. The average Bonchev–Trinajstić information content (AvgIpc) is 2.75. The van der Waals surface area contributed by atoms with Crippen molar-refractivity contribution in [3.8, 4) is 0 Å². The Balaban J connectivity index is 1.84. The van der Waals surface area contributed by atoms with Crippen molar-refractivity contribution in [1.29, 1.82) is 0 Å². The van der Waals surface area contributed by atoms with E-state index in [1.807, 2.05) is 60.7 Å². The number of aliphatic hydroxyl groups excluding tert-OH is 1. The molecule has 0 radical (unpaired) electrons. The molecule has 1 aliphatic heterocycles. The van der Waals surface area contributed by atoms with Crippen LogP contribution in [0.25, 0.3) is 0 Å². The van der Waals surface area contributed by atoms with Gasteiger partial charge in [-0.2, -0.15) is 0 Å². The predicted octanol–water partition coefficient (Wildman–Crippen LogP) is 1.81. The highest BCUT2D eigenvalue weighted by atomic mass is 16.6. The van der Waals surface area contributed by atoms with E-state index in [9.17, 15) is 14.7 Å². The molecule has 0 aromatic heterocycles. The lowest BCUT2D eigenvalue weighted by Gasteiger charge is -2.30. The lowest BCUT2D eigenvalue weighted by molar-refractivity contribution is -0.155. The summed E-state index contributed by atoms with van der Waals surface area (Å²) in [5.41, 5.74) is 1.96. The van der Waals surface area contributed by atoms with Gasteiger partial charge in [0.15, 0.2) is 0 Å². The Labute approximate surface area is 158 Å². The minimum Gasteiger partial charge on any atom is -0.457 e. The number of amides is 2. The Bertz CT molecular complexity index is 766. The Morgan fingerprint density at radius 1 is 0.926 bits per heavy atom. The maximum atomic E-state index is 12.4. The molecule has 142 valence electrons. The fourth-order valence-electron chi connectivity index (χ4n) is 3.43. The Kier molecular flexibility index (Phi) is 6.08. The van der Waals surface area contributed by atoms with Crippen LogP contribution < -0.4 is 10.6 Å². The highest BCUT2D eigenvalue weighted by Gasteiger charge is 2.40. The first-order chi connectivity index (χ1) is 13.0. The number of nitrogens with one attached hydrogen (secondary N) is 2. The number of ether oxygens (including phenoxy) is 1. The van der Waals surface area contributed by atoms with Crippen molar-refractivity contribution in [2.45, 2.75) is 44.1 Å². The Morgan fingerprint density at radius 2 is 1.41 bits per heavy atom. The van der Waals surface area contributed by atoms with E-state index in [2.05, 4.69) is 10.6 Å². The number of hydrogen-bond acceptors (Lipinski definition) is 4. The quantitative estimate of drug-likeness (QED) is 0.703. The molecule has 2 aromatic rings. The maximum absolute atomic E-state index is 12.4. The molecule has 2 aromatic carbocycles. The monoisotopic (exact) mass is 368 g/mol. The van der Waals surface area contributed by atoms with Crippen molar-refractivity contribution in [2.75, 3.05) is 0 Å². The summed E-state index contributed by atoms with van der Waals surface area (Å²) in [6, 6.07) is 17.7. The Morgan fingerprint density at radius 3 is 1.93 bits per heavy atom. The maximum Gasteiger partial charge on any atom is 0.315 e. The fraction of sp³-hybridized carbons (Fsp3) is 0.333. The molecule has 1 aliphatic rings. The number of benzene rings is 2. The molecule has 0 aliphatic carbocycles. The van der Waals surface area contributed by atoms with E-state index in [1.165, 1.54) is 6.92 Å². The summed E-state index contributed by atoms with van der Waals surface area (Å²) in [5.74, 6) is -0.494. The van der Waals surface area contributed by atoms with Gasteiger partial charge in [-0.3, -0.25) is 4.79 Å². The minimum absolute atomic E-state index is 0.384. The van der Waals surface area contributed by atoms with E-state index in [4.69, 9.17) is 4.74 Å². The first-order valence-corrected chi connectivity index (χ1v) is 9.03. The van der Waals surface area contributed by atoms with Crippen molar-refractivity contribution in [1.82, 2.24) is 10.6 Å². The summed E-state index contributed by atoms with van der Waals surface area (Å²) >= 11 is 0. The second kappa shape index (κ2) is 8.68. The van der Waals surface area contributed by atoms with Crippen molar-refractivity contribution < 1.29 is 19.4 Å². The molecule has 1 saturated heterocycles. The molecule has 2 amide bonds. The molecule has 6 nitrogen and oxygen atoms in total. The van der Waals surface area contributed by atoms with Gasteiger partial charge in [-0.15, -0.1) is 0 Å². The van der Waals surface area contributed by atoms with Gasteiger partial charge in [0.25, 0.3) is 0 Å². The molecule has 27 heavy (non-hydrogen) atoms. The van der Waals surface area contributed by atoms with Crippen molar-refractivity contribution in [3.63, 3.8) is 0 Å². The average molecular weight is 368 g/mol. The molecule has 1 heterocycles. The Hall–Kier alpha value is -2.86. The topological polar surface area (TPSA) is 87.7 Å². The van der Waals surface area contributed by atoms with Gasteiger partial charge in [0, 0.05) is 6.92 Å². The highest BCUT2D eigenvalue weighted by Crippen LogP contribution is 2.19. The molecule has 3 N–H and O–H groups in total. The van der Waals surface area contributed by atoms with E-state index in [1.54, 1.807) is 0 Å². The summed E-state index contributed by atoms with van der Waals surface area (Å²) in [7, 11) is 0. The number of esters is 1. The zero-order valence-electron chi connectivity index (χ0n) is 15.2. The van der Waals surface area contributed by atoms with Gasteiger partial charge < -0.3 is 20.5 Å². The van der Waals surface area contributed by atoms with E-state index in [0.717, 1.165) is 11.1 Å². The van der Waals surface area contributed by atoms with Crippen LogP contribution >= 0.6 is 0 Å². The van der Waals surface area contributed by atoms with Crippen LogP contribution in [0.4, 0.5) is 4.79 Å². The van der Waals surface area contributed by atoms with Gasteiger partial charge in [-0.1, -0.05) is 60.7 Å². The summed E-state index contributed by atoms with van der Waals surface area (Å²) in [6.45, 7) is 1.30. The van der Waals surface area contributed by atoms with Crippen molar-refractivity contribution in [2.24, 2.45) is 0 Å². The van der Waals surface area contributed by atoms with Crippen LogP contribution in [0.2, 0.25) is 0 Å². The number of carbonyl (C=O) groups is 2. The van der Waals surface area contributed by atoms with Crippen LogP contribution in [0, 0.1) is 0 Å². The smallest absolute Gasteiger partial charge is 0.315 e. The van der Waals surface area contributed by atoms with Crippen LogP contribution in [0.1, 0.15) is 18.1 Å². The predicted molar refractivity (Wildman–Crippen MR) is 101 cm³/mol. The normalized spacial score (nSPS) is 25.0. The summed E-state index contributed by atoms with van der Waals surface area (Å²) in [5, 5.41) is 16.6. The molecule has 6 heteroatoms. The first kappa shape index (κ1) is 18.9. The van der Waals surface area contributed by atoms with Gasteiger partial charge in [0.1, 0.15) is 12.2 Å². The summed E-state index contributed by atoms with van der Waals surface area (Å²) in [4.78, 5) is 24.0. The largest absolute Gasteiger partial charge is 0.457 e. The van der Waals surface area contributed by atoms with Crippen LogP contribution in [0.3, 0.4) is 0 Å². The van der Waals surface area contributed by atoms with Gasteiger partial charge in [-0.25, -0.2) is 4.79 Å². The van der Waals surface area contributed by atoms with Gasteiger partial charge in [0.05, 0.1) is 12.1 Å². The van der Waals surface area contributed by atoms with Crippen molar-refractivity contribution >= 4 is 12.0 Å². The zero-order chi connectivity index (χ0) is 19.2. The highest BCUT2D eigenvalue weighted by molar-refractivity contribution is 5.75. The summed E-state index contributed by atoms with van der Waals surface area (Å²) < 4.78 is 5.44. The molecular weight excluding hydrogens is 344 g/mol. The fourth-order valence-corrected chi connectivity index (χ4v) is 3.43. The SMILES string of the molecule is CC(=O)OC1C(Cc2ccccc2)NC(=O)NC(Cc2ccccc2)C1O. The number of carbonyl (C=O) groups excluding carboxylic acids is 2. The molecule has 4 unspecified atom stereocenters. The van der Waals surface area contributed by atoms with Gasteiger partial charge in [-0.05, 0) is 24.0 Å². The number of rotatable bonds is 5. The van der Waals surface area contributed by atoms with E-state index in [-0.39, 0.29) is 6.03 Å². The molecule has 1 fully saturated rings. The second-order valence-electron chi connectivity index (χ2n) is 6.77. The van der Waals surface area contributed by atoms with Crippen LogP contribution in [-0.4, -0.2) is 41.4 Å². The molecular formula is C21H24N2O4. The molecule has 0 bridgehead atoms. The van der Waals surface area contributed by atoms with Gasteiger partial charge in [0.2, 0.25) is 0 Å². The van der Waals surface area contributed by atoms with E-state index in [0.29, 0.717) is 12.8 Å². The third-order valence-corrected chi connectivity index (χ3v) is 4.68. The first-order valence-electron chi connectivity index (χ1n) is 9.03. The molecule has 4 atom stereocenters. The molecule has 3 rings (SSSR count). The second-order valence-corrected chi connectivity index (χ2v) is 6.77. The molecule has 0 spiro atoms. The van der Waals surface area contributed by atoms with Crippen LogP contribution in [0.15, 0.2) is 60.7 Å².